The highest BCUT2D eigenvalue weighted by molar-refractivity contribution is 5.90. The number of alkyl halides is 3. The van der Waals surface area contributed by atoms with Crippen LogP contribution in [0.25, 0.3) is 0 Å². The first kappa shape index (κ1) is 19.3. The predicted octanol–water partition coefficient (Wildman–Crippen LogP) is 3.06. The third-order valence-corrected chi connectivity index (χ3v) is 4.42. The molecule has 0 aromatic heterocycles. The van der Waals surface area contributed by atoms with Crippen molar-refractivity contribution in [3.8, 4) is 0 Å². The van der Waals surface area contributed by atoms with Gasteiger partial charge >= 0.3 is 6.18 Å². The third-order valence-electron chi connectivity index (χ3n) is 4.42. The number of halogens is 3. The van der Waals surface area contributed by atoms with E-state index in [4.69, 9.17) is 0 Å². The van der Waals surface area contributed by atoms with Crippen LogP contribution in [-0.4, -0.2) is 23.9 Å². The molecule has 2 atom stereocenters. The van der Waals surface area contributed by atoms with Gasteiger partial charge in [0.2, 0.25) is 11.8 Å². The lowest BCUT2D eigenvalue weighted by Gasteiger charge is -2.33. The van der Waals surface area contributed by atoms with Crippen molar-refractivity contribution in [2.75, 3.05) is 0 Å². The van der Waals surface area contributed by atoms with Crippen LogP contribution in [0.4, 0.5) is 13.2 Å². The van der Waals surface area contributed by atoms with Crippen molar-refractivity contribution >= 4 is 11.8 Å². The predicted molar refractivity (Wildman–Crippen MR) is 87.7 cm³/mol. The van der Waals surface area contributed by atoms with Crippen molar-refractivity contribution < 1.29 is 22.8 Å². The van der Waals surface area contributed by atoms with Crippen LogP contribution >= 0.6 is 0 Å². The number of rotatable bonds is 4. The van der Waals surface area contributed by atoms with E-state index in [-0.39, 0.29) is 30.2 Å². The fourth-order valence-corrected chi connectivity index (χ4v) is 2.85. The lowest BCUT2D eigenvalue weighted by molar-refractivity contribution is -0.138. The number of benzene rings is 1. The smallest absolute Gasteiger partial charge is 0.351 e. The summed E-state index contributed by atoms with van der Waals surface area (Å²) < 4.78 is 39.6. The van der Waals surface area contributed by atoms with E-state index < -0.39 is 29.2 Å². The van der Waals surface area contributed by atoms with E-state index in [1.54, 1.807) is 6.07 Å². The minimum atomic E-state index is -4.44. The van der Waals surface area contributed by atoms with Gasteiger partial charge < -0.3 is 10.6 Å². The minimum absolute atomic E-state index is 0.0611. The van der Waals surface area contributed by atoms with Crippen molar-refractivity contribution in [3.05, 3.63) is 35.4 Å². The molecule has 0 saturated carbocycles. The molecule has 0 radical (unpaired) electrons. The summed E-state index contributed by atoms with van der Waals surface area (Å²) in [5.41, 5.74) is -0.991. The Morgan fingerprint density at radius 3 is 2.44 bits per heavy atom. The summed E-state index contributed by atoms with van der Waals surface area (Å²) in [6.07, 6.45) is -3.69. The van der Waals surface area contributed by atoms with E-state index in [2.05, 4.69) is 10.6 Å². The molecule has 1 aromatic carbocycles. The molecule has 0 bridgehead atoms. The summed E-state index contributed by atoms with van der Waals surface area (Å²) >= 11 is 0. The molecule has 25 heavy (non-hydrogen) atoms. The highest BCUT2D eigenvalue weighted by Crippen LogP contribution is 2.34. The van der Waals surface area contributed by atoms with E-state index in [0.717, 1.165) is 6.07 Å². The van der Waals surface area contributed by atoms with Gasteiger partial charge in [-0.1, -0.05) is 39.0 Å². The summed E-state index contributed by atoms with van der Waals surface area (Å²) in [5.74, 6) is -0.537. The fraction of sp³-hybridized carbons (Fsp3) is 0.556. The van der Waals surface area contributed by atoms with Crippen LogP contribution in [0.3, 0.4) is 0 Å². The van der Waals surface area contributed by atoms with Crippen LogP contribution in [0, 0.1) is 5.41 Å². The number of hydrogen-bond acceptors (Lipinski definition) is 2. The van der Waals surface area contributed by atoms with Crippen molar-refractivity contribution in [1.82, 2.24) is 10.6 Å². The van der Waals surface area contributed by atoms with Crippen LogP contribution in [0.5, 0.6) is 0 Å². The molecule has 0 spiro atoms. The van der Waals surface area contributed by atoms with E-state index >= 15 is 0 Å². The molecule has 1 saturated heterocycles. The normalized spacial score (nSPS) is 19.4. The van der Waals surface area contributed by atoms with Gasteiger partial charge in [-0.05, 0) is 29.9 Å². The Morgan fingerprint density at radius 1 is 1.28 bits per heavy atom. The monoisotopic (exact) mass is 356 g/mol. The molecule has 0 aliphatic carbocycles. The van der Waals surface area contributed by atoms with Gasteiger partial charge in [0.1, 0.15) is 6.04 Å². The maximum atomic E-state index is 13.2. The quantitative estimate of drug-likeness (QED) is 0.871. The van der Waals surface area contributed by atoms with E-state index in [1.807, 2.05) is 20.8 Å². The van der Waals surface area contributed by atoms with Gasteiger partial charge in [0, 0.05) is 12.5 Å². The molecule has 0 unspecified atom stereocenters. The number of amides is 2. The Bertz CT molecular complexity index is 650. The van der Waals surface area contributed by atoms with Crippen LogP contribution in [0.15, 0.2) is 24.3 Å². The van der Waals surface area contributed by atoms with Crippen LogP contribution in [-0.2, 0) is 22.2 Å². The largest absolute Gasteiger partial charge is 0.416 e. The van der Waals surface area contributed by atoms with Crippen LogP contribution < -0.4 is 10.6 Å². The minimum Gasteiger partial charge on any atom is -0.351 e. The van der Waals surface area contributed by atoms with Crippen molar-refractivity contribution in [2.24, 2.45) is 5.41 Å². The first-order chi connectivity index (χ1) is 11.5. The number of nitrogens with one attached hydrogen (secondary N) is 2. The van der Waals surface area contributed by atoms with E-state index in [9.17, 15) is 22.8 Å². The summed E-state index contributed by atoms with van der Waals surface area (Å²) in [6.45, 7) is 5.59. The summed E-state index contributed by atoms with van der Waals surface area (Å²) in [6, 6.07) is 4.28. The molecule has 1 fully saturated rings. The Balaban J connectivity index is 2.20. The summed E-state index contributed by atoms with van der Waals surface area (Å²) in [7, 11) is 0. The zero-order valence-electron chi connectivity index (χ0n) is 14.5. The maximum Gasteiger partial charge on any atom is 0.416 e. The molecule has 1 aliphatic heterocycles. The first-order valence-corrected chi connectivity index (χ1v) is 8.23. The summed E-state index contributed by atoms with van der Waals surface area (Å²) in [4.78, 5) is 23.6. The molecule has 1 heterocycles. The molecule has 1 aromatic rings. The Morgan fingerprint density at radius 2 is 1.92 bits per heavy atom. The SMILES string of the molecule is CC(C)(C)[C@H](Cc1ccccc1C(F)(F)F)NC(=O)[C@H]1CCC(=O)N1. The molecular weight excluding hydrogens is 333 g/mol. The second-order valence-corrected chi connectivity index (χ2v) is 7.45. The number of carbonyl (C=O) groups excluding carboxylic acids is 2. The standard InChI is InChI=1S/C18H23F3N2O2/c1-17(2,3)14(23-16(25)13-8-9-15(24)22-13)10-11-6-4-5-7-12(11)18(19,20)21/h4-7,13-14H,8-10H2,1-3H3,(H,22,24)(H,23,25)/t13-,14+/m1/s1. The molecular formula is C18H23F3N2O2. The second kappa shape index (κ2) is 7.06. The average Bonchev–Trinajstić information content (AvgIpc) is 2.91. The van der Waals surface area contributed by atoms with Crippen LogP contribution in [0.2, 0.25) is 0 Å². The zero-order chi connectivity index (χ0) is 18.8. The topological polar surface area (TPSA) is 58.2 Å². The Labute approximate surface area is 145 Å². The van der Waals surface area contributed by atoms with Crippen molar-refractivity contribution in [3.63, 3.8) is 0 Å². The zero-order valence-corrected chi connectivity index (χ0v) is 14.5. The van der Waals surface area contributed by atoms with Gasteiger partial charge in [-0.25, -0.2) is 0 Å². The summed E-state index contributed by atoms with van der Waals surface area (Å²) in [5, 5.41) is 5.40. The van der Waals surface area contributed by atoms with Crippen molar-refractivity contribution in [2.45, 2.75) is 58.3 Å². The molecule has 2 amide bonds. The van der Waals surface area contributed by atoms with Gasteiger partial charge in [0.25, 0.3) is 0 Å². The second-order valence-electron chi connectivity index (χ2n) is 7.45. The maximum absolute atomic E-state index is 13.2. The molecule has 2 N–H and O–H groups in total. The fourth-order valence-electron chi connectivity index (χ4n) is 2.85. The van der Waals surface area contributed by atoms with E-state index in [1.165, 1.54) is 12.1 Å². The molecule has 4 nitrogen and oxygen atoms in total. The molecule has 138 valence electrons. The molecule has 1 aliphatic rings. The lowest BCUT2D eigenvalue weighted by atomic mass is 9.82. The van der Waals surface area contributed by atoms with Gasteiger partial charge in [-0.3, -0.25) is 9.59 Å². The van der Waals surface area contributed by atoms with Crippen LogP contribution in [0.1, 0.15) is 44.7 Å². The Kier molecular flexibility index (Phi) is 5.44. The van der Waals surface area contributed by atoms with Gasteiger partial charge in [0.05, 0.1) is 5.56 Å². The third kappa shape index (κ3) is 4.96. The van der Waals surface area contributed by atoms with Crippen molar-refractivity contribution in [1.29, 1.82) is 0 Å². The van der Waals surface area contributed by atoms with Gasteiger partial charge in [-0.2, -0.15) is 13.2 Å². The number of carbonyl (C=O) groups is 2. The molecule has 7 heteroatoms. The average molecular weight is 356 g/mol. The number of hydrogen-bond donors (Lipinski definition) is 2. The van der Waals surface area contributed by atoms with Gasteiger partial charge in [-0.15, -0.1) is 0 Å². The lowest BCUT2D eigenvalue weighted by Crippen LogP contribution is -2.51. The van der Waals surface area contributed by atoms with Gasteiger partial charge in [0.15, 0.2) is 0 Å². The van der Waals surface area contributed by atoms with E-state index in [0.29, 0.717) is 6.42 Å². The molecule has 2 rings (SSSR count). The first-order valence-electron chi connectivity index (χ1n) is 8.23. The highest BCUT2D eigenvalue weighted by Gasteiger charge is 2.36. The Hall–Kier alpha value is -2.05. The highest BCUT2D eigenvalue weighted by atomic mass is 19.4.